The Morgan fingerprint density at radius 1 is 1.15 bits per heavy atom. The molecule has 0 aliphatic carbocycles. The minimum Gasteiger partial charge on any atom is -0.462 e. The van der Waals surface area contributed by atoms with Crippen LogP contribution in [0.25, 0.3) is 0 Å². The minimum absolute atomic E-state index is 0.000708. The minimum atomic E-state index is -1.00. The molecule has 2 N–H and O–H groups in total. The number of hydrogen-bond donors (Lipinski definition) is 2. The molecule has 1 aromatic carbocycles. The third-order valence-corrected chi connectivity index (χ3v) is 3.69. The summed E-state index contributed by atoms with van der Waals surface area (Å²) in [4.78, 5) is 60.6. The number of rotatable bonds is 7. The van der Waals surface area contributed by atoms with Crippen LogP contribution in [-0.4, -0.2) is 55.2 Å². The maximum atomic E-state index is 12.5. The number of amides is 4. The van der Waals surface area contributed by atoms with E-state index in [2.05, 4.69) is 5.32 Å². The number of hydrogen-bond acceptors (Lipinski definition) is 7. The molecule has 0 radical (unpaired) electrons. The predicted molar refractivity (Wildman–Crippen MR) is 88.7 cm³/mol. The second-order valence-corrected chi connectivity index (χ2v) is 5.16. The fourth-order valence-corrected chi connectivity index (χ4v) is 2.51. The van der Waals surface area contributed by atoms with E-state index in [1.807, 2.05) is 5.32 Å². The molecule has 1 aliphatic heterocycles. The van der Waals surface area contributed by atoms with E-state index in [-0.39, 0.29) is 36.4 Å². The van der Waals surface area contributed by atoms with Crippen molar-refractivity contribution in [2.45, 2.75) is 6.92 Å². The van der Waals surface area contributed by atoms with Crippen molar-refractivity contribution in [3.8, 4) is 0 Å². The third-order valence-electron chi connectivity index (χ3n) is 3.69. The molecule has 1 aromatic rings. The largest absolute Gasteiger partial charge is 0.462 e. The molecule has 0 unspecified atom stereocenters. The van der Waals surface area contributed by atoms with Gasteiger partial charge in [-0.3, -0.25) is 29.4 Å². The van der Waals surface area contributed by atoms with Crippen LogP contribution >= 0.6 is 0 Å². The molecule has 9 nitrogen and oxygen atoms in total. The normalized spacial score (nSPS) is 13.7. The molecule has 2 rings (SSSR count). The van der Waals surface area contributed by atoms with Crippen LogP contribution in [0, 0.1) is 0 Å². The lowest BCUT2D eigenvalue weighted by Crippen LogP contribution is -2.38. The van der Waals surface area contributed by atoms with Crippen LogP contribution in [0.15, 0.2) is 35.5 Å². The number of ether oxygens (including phenoxy) is 1. The molecule has 0 spiro atoms. The summed E-state index contributed by atoms with van der Waals surface area (Å²) < 4.78 is 4.83. The molecule has 9 heteroatoms. The fraction of sp³-hybridized carbons (Fsp3) is 0.235. The number of imide groups is 2. The highest BCUT2D eigenvalue weighted by atomic mass is 16.5. The SMILES string of the molecule is CCOC(=O)/C(C(=O)NC=O)=C(\CN1C(=O)c2ccccc2C1=O)NC. The van der Waals surface area contributed by atoms with Crippen molar-refractivity contribution in [2.75, 3.05) is 20.2 Å². The molecule has 26 heavy (non-hydrogen) atoms. The Hall–Kier alpha value is -3.49. The van der Waals surface area contributed by atoms with Gasteiger partial charge in [-0.25, -0.2) is 4.79 Å². The quantitative estimate of drug-likeness (QED) is 0.169. The lowest BCUT2D eigenvalue weighted by molar-refractivity contribution is -0.140. The van der Waals surface area contributed by atoms with Crippen LogP contribution < -0.4 is 10.6 Å². The third kappa shape index (κ3) is 3.46. The van der Waals surface area contributed by atoms with Crippen molar-refractivity contribution in [2.24, 2.45) is 0 Å². The molecule has 0 aromatic heterocycles. The van der Waals surface area contributed by atoms with Gasteiger partial charge < -0.3 is 10.1 Å². The van der Waals surface area contributed by atoms with E-state index in [1.54, 1.807) is 19.1 Å². The van der Waals surface area contributed by atoms with Crippen LogP contribution in [0.3, 0.4) is 0 Å². The van der Waals surface area contributed by atoms with Gasteiger partial charge in [0, 0.05) is 7.05 Å². The zero-order chi connectivity index (χ0) is 19.3. The molecule has 0 bridgehead atoms. The Kier molecular flexibility index (Phi) is 5.84. The van der Waals surface area contributed by atoms with Crippen LogP contribution in [0.4, 0.5) is 0 Å². The van der Waals surface area contributed by atoms with Gasteiger partial charge in [-0.1, -0.05) is 12.1 Å². The van der Waals surface area contributed by atoms with Crippen molar-refractivity contribution in [3.05, 3.63) is 46.7 Å². The van der Waals surface area contributed by atoms with Crippen molar-refractivity contribution in [3.63, 3.8) is 0 Å². The summed E-state index contributed by atoms with van der Waals surface area (Å²) in [6.07, 6.45) is 0.122. The second kappa shape index (κ2) is 8.06. The van der Waals surface area contributed by atoms with Crippen LogP contribution in [0.5, 0.6) is 0 Å². The van der Waals surface area contributed by atoms with E-state index in [9.17, 15) is 24.0 Å². The Morgan fingerprint density at radius 2 is 1.73 bits per heavy atom. The lowest BCUT2D eigenvalue weighted by atomic mass is 10.1. The van der Waals surface area contributed by atoms with Crippen molar-refractivity contribution in [1.82, 2.24) is 15.5 Å². The van der Waals surface area contributed by atoms with Gasteiger partial charge in [0.2, 0.25) is 6.41 Å². The van der Waals surface area contributed by atoms with Gasteiger partial charge in [-0.05, 0) is 19.1 Å². The summed E-state index contributed by atoms with van der Waals surface area (Å²) in [5, 5.41) is 4.49. The van der Waals surface area contributed by atoms with Crippen LogP contribution in [-0.2, 0) is 19.1 Å². The maximum Gasteiger partial charge on any atom is 0.345 e. The number of likely N-dealkylation sites (N-methyl/N-ethyl adjacent to an activating group) is 1. The van der Waals surface area contributed by atoms with Crippen LogP contribution in [0.2, 0.25) is 0 Å². The molecule has 0 saturated carbocycles. The zero-order valence-corrected chi connectivity index (χ0v) is 14.2. The highest BCUT2D eigenvalue weighted by molar-refractivity contribution is 6.22. The molecule has 1 heterocycles. The highest BCUT2D eigenvalue weighted by Crippen LogP contribution is 2.23. The molecule has 136 valence electrons. The maximum absolute atomic E-state index is 12.5. The Balaban J connectivity index is 2.42. The van der Waals surface area contributed by atoms with Gasteiger partial charge in [-0.2, -0.15) is 0 Å². The van der Waals surface area contributed by atoms with Gasteiger partial charge in [0.05, 0.1) is 30.0 Å². The van der Waals surface area contributed by atoms with Crippen LogP contribution in [0.1, 0.15) is 27.6 Å². The summed E-state index contributed by atoms with van der Waals surface area (Å²) in [6, 6.07) is 6.29. The average Bonchev–Trinajstić information content (AvgIpc) is 2.86. The van der Waals surface area contributed by atoms with E-state index in [1.165, 1.54) is 19.2 Å². The molecule has 1 aliphatic rings. The Morgan fingerprint density at radius 3 is 2.19 bits per heavy atom. The van der Waals surface area contributed by atoms with Crippen molar-refractivity contribution in [1.29, 1.82) is 0 Å². The number of esters is 1. The van der Waals surface area contributed by atoms with E-state index in [4.69, 9.17) is 4.74 Å². The van der Waals surface area contributed by atoms with Crippen molar-refractivity contribution >= 4 is 30.1 Å². The van der Waals surface area contributed by atoms with E-state index >= 15 is 0 Å². The smallest absolute Gasteiger partial charge is 0.345 e. The molecule has 0 fully saturated rings. The number of benzene rings is 1. The zero-order valence-electron chi connectivity index (χ0n) is 14.2. The van der Waals surface area contributed by atoms with Gasteiger partial charge in [0.15, 0.2) is 0 Å². The number of carbonyl (C=O) groups excluding carboxylic acids is 5. The summed E-state index contributed by atoms with van der Waals surface area (Å²) in [7, 11) is 1.42. The molecular formula is C17H17N3O6. The first-order valence-corrected chi connectivity index (χ1v) is 7.74. The summed E-state index contributed by atoms with van der Waals surface area (Å²) in [5.41, 5.74) is -0.0405. The van der Waals surface area contributed by atoms with Gasteiger partial charge in [0.1, 0.15) is 5.57 Å². The average molecular weight is 359 g/mol. The number of nitrogens with zero attached hydrogens (tertiary/aromatic N) is 1. The first kappa shape index (κ1) is 18.8. The summed E-state index contributed by atoms with van der Waals surface area (Å²) in [5.74, 6) is -3.07. The predicted octanol–water partition coefficient (Wildman–Crippen LogP) is -0.408. The van der Waals surface area contributed by atoms with Crippen molar-refractivity contribution < 1.29 is 28.7 Å². The highest BCUT2D eigenvalue weighted by Gasteiger charge is 2.37. The Labute approximate surface area is 149 Å². The summed E-state index contributed by atoms with van der Waals surface area (Å²) in [6.45, 7) is 1.19. The number of fused-ring (bicyclic) bond motifs is 1. The lowest BCUT2D eigenvalue weighted by Gasteiger charge is -2.18. The summed E-state index contributed by atoms with van der Waals surface area (Å²) >= 11 is 0. The van der Waals surface area contributed by atoms with Gasteiger partial charge in [-0.15, -0.1) is 0 Å². The fourth-order valence-electron chi connectivity index (χ4n) is 2.51. The molecular weight excluding hydrogens is 342 g/mol. The molecule has 0 saturated heterocycles. The van der Waals surface area contributed by atoms with E-state index < -0.39 is 29.3 Å². The number of carbonyl (C=O) groups is 5. The topological polar surface area (TPSA) is 122 Å². The van der Waals surface area contributed by atoms with E-state index in [0.29, 0.717) is 0 Å². The molecule has 0 atom stereocenters. The first-order chi connectivity index (χ1) is 12.5. The monoisotopic (exact) mass is 359 g/mol. The van der Waals surface area contributed by atoms with Gasteiger partial charge >= 0.3 is 5.97 Å². The van der Waals surface area contributed by atoms with Gasteiger partial charge in [0.25, 0.3) is 17.7 Å². The van der Waals surface area contributed by atoms with E-state index in [0.717, 1.165) is 4.90 Å². The second-order valence-electron chi connectivity index (χ2n) is 5.16. The first-order valence-electron chi connectivity index (χ1n) is 7.74. The Bertz CT molecular complexity index is 779. The molecule has 4 amide bonds. The standard InChI is InChI=1S/C17H17N3O6/c1-3-26-17(25)13(14(22)19-9-21)12(18-2)8-20-15(23)10-6-4-5-7-11(10)16(20)24/h4-7,9,18H,3,8H2,1-2H3,(H,19,21,22)/b13-12+. The number of nitrogens with one attached hydrogen (secondary N) is 2.